The fourth-order valence-corrected chi connectivity index (χ4v) is 4.70. The zero-order valence-electron chi connectivity index (χ0n) is 18.0. The fraction of sp³-hybridized carbons (Fsp3) is 0.417. The summed E-state index contributed by atoms with van der Waals surface area (Å²) in [5, 5.41) is 10.6. The smallest absolute Gasteiger partial charge is 0.337 e. The second-order valence-corrected chi connectivity index (χ2v) is 8.26. The normalized spacial score (nSPS) is 24.6. The summed E-state index contributed by atoms with van der Waals surface area (Å²) >= 11 is 0. The van der Waals surface area contributed by atoms with Crippen LogP contribution >= 0.6 is 0 Å². The average Bonchev–Trinajstić information content (AvgIpc) is 3.21. The van der Waals surface area contributed by atoms with Crippen molar-refractivity contribution in [3.63, 3.8) is 0 Å². The lowest BCUT2D eigenvalue weighted by Crippen LogP contribution is -2.42. The van der Waals surface area contributed by atoms with Gasteiger partial charge in [-0.15, -0.1) is 0 Å². The van der Waals surface area contributed by atoms with Crippen LogP contribution < -0.4 is 9.47 Å². The monoisotopic (exact) mass is 443 g/mol. The van der Waals surface area contributed by atoms with Gasteiger partial charge in [-0.3, -0.25) is 4.79 Å². The zero-order valence-corrected chi connectivity index (χ0v) is 18.0. The molecule has 170 valence electrons. The molecule has 0 bridgehead atoms. The molecule has 2 aromatic rings. The van der Waals surface area contributed by atoms with E-state index in [0.29, 0.717) is 37.2 Å². The van der Waals surface area contributed by atoms with Crippen molar-refractivity contribution in [3.8, 4) is 11.5 Å². The summed E-state index contributed by atoms with van der Waals surface area (Å²) in [6.07, 6.45) is 0.0168. The Morgan fingerprint density at radius 3 is 2.38 bits per heavy atom. The van der Waals surface area contributed by atoms with Crippen LogP contribution in [0.5, 0.6) is 11.5 Å². The summed E-state index contributed by atoms with van der Waals surface area (Å²) in [6.45, 7) is 1.01. The van der Waals surface area contributed by atoms with Crippen LogP contribution in [0.1, 0.15) is 33.6 Å². The first-order valence-corrected chi connectivity index (χ1v) is 10.6. The first-order chi connectivity index (χ1) is 15.4. The first kappa shape index (κ1) is 22.1. The van der Waals surface area contributed by atoms with E-state index in [1.165, 1.54) is 26.4 Å². The molecule has 0 spiro atoms. The molecule has 1 saturated heterocycles. The number of fused-ring (bicyclic) bond motifs is 1. The highest BCUT2D eigenvalue weighted by Crippen LogP contribution is 2.39. The number of methoxy groups -OCH3 is 2. The van der Waals surface area contributed by atoms with Gasteiger partial charge in [0.2, 0.25) is 0 Å². The Balaban J connectivity index is 1.42. The van der Waals surface area contributed by atoms with Gasteiger partial charge >= 0.3 is 5.97 Å². The van der Waals surface area contributed by atoms with Crippen molar-refractivity contribution in [2.45, 2.75) is 25.0 Å². The number of esters is 1. The van der Waals surface area contributed by atoms with Crippen molar-refractivity contribution in [2.24, 2.45) is 11.8 Å². The number of nitrogens with zero attached hydrogens (tertiary/aromatic N) is 1. The van der Waals surface area contributed by atoms with Crippen LogP contribution in [-0.4, -0.2) is 61.4 Å². The molecule has 7 nitrogen and oxygen atoms in total. The summed E-state index contributed by atoms with van der Waals surface area (Å²) in [7, 11) is 2.66. The van der Waals surface area contributed by atoms with Gasteiger partial charge in [-0.2, -0.15) is 0 Å². The van der Waals surface area contributed by atoms with Gasteiger partial charge in [-0.25, -0.2) is 9.18 Å². The van der Waals surface area contributed by atoms with E-state index in [1.54, 1.807) is 35.2 Å². The minimum atomic E-state index is -0.671. The van der Waals surface area contributed by atoms with E-state index in [4.69, 9.17) is 14.2 Å². The van der Waals surface area contributed by atoms with Gasteiger partial charge in [0.1, 0.15) is 11.9 Å². The Morgan fingerprint density at radius 2 is 1.72 bits per heavy atom. The number of carbonyl (C=O) groups is 2. The lowest BCUT2D eigenvalue weighted by molar-refractivity contribution is -0.0231. The molecular formula is C24H26FNO6. The van der Waals surface area contributed by atoms with Crippen LogP contribution in [0, 0.1) is 17.7 Å². The molecule has 1 heterocycles. The molecular weight excluding hydrogens is 417 g/mol. The standard InChI is InChI=1S/C24H26FNO6/c1-30-22-18(4-3-5-19(22)25)23(28)26-12-15-10-20(27)21(11-16(15)13-26)32-17-8-6-14(7-9-17)24(29)31-2/h3-9,15-16,20-21,27H,10-13H2,1-2H3/t15-,16+,20+,21+/m0/s1. The average molecular weight is 443 g/mol. The number of rotatable bonds is 5. The molecule has 8 heteroatoms. The van der Waals surface area contributed by atoms with Gasteiger partial charge in [-0.05, 0) is 61.1 Å². The van der Waals surface area contributed by atoms with Crippen LogP contribution in [-0.2, 0) is 4.74 Å². The minimum absolute atomic E-state index is 0.0518. The molecule has 1 saturated carbocycles. The third-order valence-electron chi connectivity index (χ3n) is 6.34. The Kier molecular flexibility index (Phi) is 6.32. The highest BCUT2D eigenvalue weighted by Gasteiger charge is 2.44. The second kappa shape index (κ2) is 9.16. The minimum Gasteiger partial charge on any atom is -0.493 e. The molecule has 4 rings (SSSR count). The van der Waals surface area contributed by atoms with Crippen molar-refractivity contribution < 1.29 is 33.3 Å². The Bertz CT molecular complexity index is 994. The largest absolute Gasteiger partial charge is 0.493 e. The fourth-order valence-electron chi connectivity index (χ4n) is 4.70. The zero-order chi connectivity index (χ0) is 22.8. The van der Waals surface area contributed by atoms with E-state index >= 15 is 0 Å². The number of amides is 1. The number of carbonyl (C=O) groups excluding carboxylic acids is 2. The molecule has 2 aromatic carbocycles. The molecule has 1 aliphatic heterocycles. The third-order valence-corrected chi connectivity index (χ3v) is 6.34. The molecule has 1 N–H and O–H groups in total. The van der Waals surface area contributed by atoms with Crippen molar-refractivity contribution in [1.82, 2.24) is 4.90 Å². The van der Waals surface area contributed by atoms with Gasteiger partial charge in [0, 0.05) is 13.1 Å². The van der Waals surface area contributed by atoms with E-state index < -0.39 is 24.0 Å². The molecule has 0 aromatic heterocycles. The molecule has 1 amide bonds. The summed E-state index contributed by atoms with van der Waals surface area (Å²) in [5.74, 6) is -0.461. The summed E-state index contributed by atoms with van der Waals surface area (Å²) in [6, 6.07) is 10.9. The van der Waals surface area contributed by atoms with Gasteiger partial charge < -0.3 is 24.2 Å². The number of aliphatic hydroxyl groups is 1. The van der Waals surface area contributed by atoms with Gasteiger partial charge in [0.05, 0.1) is 31.5 Å². The van der Waals surface area contributed by atoms with Gasteiger partial charge in [0.25, 0.3) is 5.91 Å². The van der Waals surface area contributed by atoms with Crippen molar-refractivity contribution >= 4 is 11.9 Å². The van der Waals surface area contributed by atoms with Crippen molar-refractivity contribution in [3.05, 3.63) is 59.4 Å². The molecule has 2 aliphatic rings. The van der Waals surface area contributed by atoms with E-state index in [2.05, 4.69) is 0 Å². The highest BCUT2D eigenvalue weighted by atomic mass is 19.1. The number of benzene rings is 2. The maximum absolute atomic E-state index is 14.0. The van der Waals surface area contributed by atoms with Crippen LogP contribution in [0.4, 0.5) is 4.39 Å². The van der Waals surface area contributed by atoms with Gasteiger partial charge in [-0.1, -0.05) is 6.07 Å². The first-order valence-electron chi connectivity index (χ1n) is 10.6. The molecule has 2 fully saturated rings. The highest BCUT2D eigenvalue weighted by molar-refractivity contribution is 5.97. The second-order valence-electron chi connectivity index (χ2n) is 8.26. The number of aliphatic hydroxyl groups excluding tert-OH is 1. The predicted molar refractivity (Wildman–Crippen MR) is 113 cm³/mol. The SMILES string of the molecule is COC(=O)c1ccc(O[C@@H]2C[C@@H]3CN(C(=O)c4cccc(F)c4OC)C[C@@H]3C[C@H]2O)cc1. The number of halogens is 1. The lowest BCUT2D eigenvalue weighted by atomic mass is 9.78. The molecule has 32 heavy (non-hydrogen) atoms. The van der Waals surface area contributed by atoms with Crippen LogP contribution in [0.15, 0.2) is 42.5 Å². The third kappa shape index (κ3) is 4.27. The number of hydrogen-bond acceptors (Lipinski definition) is 6. The maximum atomic E-state index is 14.0. The summed E-state index contributed by atoms with van der Waals surface area (Å²) in [5.41, 5.74) is 0.618. The maximum Gasteiger partial charge on any atom is 0.337 e. The Morgan fingerprint density at radius 1 is 1.03 bits per heavy atom. The molecule has 4 atom stereocenters. The van der Waals surface area contributed by atoms with E-state index in [-0.39, 0.29) is 29.1 Å². The lowest BCUT2D eigenvalue weighted by Gasteiger charge is -2.35. The summed E-state index contributed by atoms with van der Waals surface area (Å²) < 4.78 is 29.8. The molecule has 0 radical (unpaired) electrons. The van der Waals surface area contributed by atoms with Crippen molar-refractivity contribution in [2.75, 3.05) is 27.3 Å². The van der Waals surface area contributed by atoms with Crippen LogP contribution in [0.3, 0.4) is 0 Å². The van der Waals surface area contributed by atoms with E-state index in [1.807, 2.05) is 0 Å². The van der Waals surface area contributed by atoms with Crippen LogP contribution in [0.2, 0.25) is 0 Å². The van der Waals surface area contributed by atoms with Crippen LogP contribution in [0.25, 0.3) is 0 Å². The van der Waals surface area contributed by atoms with E-state index in [0.717, 1.165) is 0 Å². The predicted octanol–water partition coefficient (Wildman–Crippen LogP) is 2.91. The Hall–Kier alpha value is -3.13. The van der Waals surface area contributed by atoms with Crippen molar-refractivity contribution in [1.29, 1.82) is 0 Å². The number of para-hydroxylation sites is 1. The number of likely N-dealkylation sites (tertiary alicyclic amines) is 1. The summed E-state index contributed by atoms with van der Waals surface area (Å²) in [4.78, 5) is 26.3. The topological polar surface area (TPSA) is 85.3 Å². The quantitative estimate of drug-likeness (QED) is 0.716. The molecule has 0 unspecified atom stereocenters. The molecule has 1 aliphatic carbocycles. The Labute approximate surface area is 185 Å². The number of hydrogen-bond donors (Lipinski definition) is 1. The van der Waals surface area contributed by atoms with E-state index in [9.17, 15) is 19.1 Å². The van der Waals surface area contributed by atoms with Gasteiger partial charge in [0.15, 0.2) is 11.6 Å². The number of ether oxygens (including phenoxy) is 3.